The van der Waals surface area contributed by atoms with Crippen molar-refractivity contribution in [3.8, 4) is 0 Å². The highest BCUT2D eigenvalue weighted by molar-refractivity contribution is 6.30. The molecule has 0 unspecified atom stereocenters. The quantitative estimate of drug-likeness (QED) is 0.552. The number of halogens is 1. The van der Waals surface area contributed by atoms with Crippen LogP contribution in [-0.2, 0) is 0 Å². The summed E-state index contributed by atoms with van der Waals surface area (Å²) >= 11 is 5.82. The van der Waals surface area contributed by atoms with Gasteiger partial charge < -0.3 is 0 Å². The van der Waals surface area contributed by atoms with Gasteiger partial charge in [0, 0.05) is 17.0 Å². The lowest BCUT2D eigenvalue weighted by atomic mass is 10.0. The van der Waals surface area contributed by atoms with Crippen LogP contribution in [0.5, 0.6) is 0 Å². The molecule has 0 aromatic heterocycles. The number of aryl methyl sites for hydroxylation is 1. The number of Topliss-reactive ketones (excluding diaryl/α,β-unsaturated/α-hetero) is 1. The van der Waals surface area contributed by atoms with Gasteiger partial charge in [-0.3, -0.25) is 4.79 Å². The number of carbonyl (C=O) groups is 1. The van der Waals surface area contributed by atoms with Gasteiger partial charge in [-0.05, 0) is 44.0 Å². The molecule has 0 spiro atoms. The molecule has 15 heavy (non-hydrogen) atoms. The monoisotopic (exact) mass is 222 g/mol. The normalized spacial score (nSPS) is 10.1. The smallest absolute Gasteiger partial charge is 0.163 e. The molecule has 0 aliphatic rings. The third-order valence-electron chi connectivity index (χ3n) is 2.27. The molecule has 0 amide bonds. The molecule has 0 bridgehead atoms. The summed E-state index contributed by atoms with van der Waals surface area (Å²) in [6, 6.07) is 5.36. The molecule has 0 saturated carbocycles. The number of rotatable bonds is 4. The Labute approximate surface area is 95.8 Å². The Hall–Kier alpha value is -1.08. The van der Waals surface area contributed by atoms with E-state index in [4.69, 9.17) is 11.6 Å². The van der Waals surface area contributed by atoms with Crippen LogP contribution in [0.1, 0.15) is 35.7 Å². The van der Waals surface area contributed by atoms with Crippen LogP contribution >= 0.6 is 11.6 Å². The van der Waals surface area contributed by atoms with Crippen molar-refractivity contribution in [3.63, 3.8) is 0 Å². The summed E-state index contributed by atoms with van der Waals surface area (Å²) in [5, 5.41) is 0.670. The van der Waals surface area contributed by atoms with Crippen molar-refractivity contribution in [2.24, 2.45) is 0 Å². The fourth-order valence-electron chi connectivity index (χ4n) is 1.40. The maximum Gasteiger partial charge on any atom is 0.163 e. The maximum atomic E-state index is 11.8. The van der Waals surface area contributed by atoms with Crippen molar-refractivity contribution >= 4 is 17.4 Å². The molecule has 0 fully saturated rings. The molecule has 0 heterocycles. The van der Waals surface area contributed by atoms with Gasteiger partial charge in [0.25, 0.3) is 0 Å². The van der Waals surface area contributed by atoms with E-state index >= 15 is 0 Å². The van der Waals surface area contributed by atoms with Crippen LogP contribution in [0.15, 0.2) is 30.4 Å². The summed E-state index contributed by atoms with van der Waals surface area (Å²) in [5.41, 5.74) is 2.74. The van der Waals surface area contributed by atoms with E-state index in [0.717, 1.165) is 23.1 Å². The third kappa shape index (κ3) is 3.52. The summed E-state index contributed by atoms with van der Waals surface area (Å²) in [6.45, 7) is 7.62. The largest absolute Gasteiger partial charge is 0.294 e. The summed E-state index contributed by atoms with van der Waals surface area (Å²) in [7, 11) is 0. The first-order valence-corrected chi connectivity index (χ1v) is 5.32. The Morgan fingerprint density at radius 1 is 1.40 bits per heavy atom. The molecule has 0 radical (unpaired) electrons. The highest BCUT2D eigenvalue weighted by atomic mass is 35.5. The van der Waals surface area contributed by atoms with Gasteiger partial charge >= 0.3 is 0 Å². The van der Waals surface area contributed by atoms with Crippen LogP contribution in [0.25, 0.3) is 0 Å². The highest BCUT2D eigenvalue weighted by Crippen LogP contribution is 2.17. The number of hydrogen-bond acceptors (Lipinski definition) is 1. The van der Waals surface area contributed by atoms with Crippen LogP contribution in [0.2, 0.25) is 5.02 Å². The minimum absolute atomic E-state index is 0.159. The van der Waals surface area contributed by atoms with E-state index in [-0.39, 0.29) is 5.78 Å². The first kappa shape index (κ1) is 12.0. The van der Waals surface area contributed by atoms with E-state index in [1.807, 2.05) is 19.9 Å². The second-order valence-corrected chi connectivity index (χ2v) is 4.28. The van der Waals surface area contributed by atoms with Crippen molar-refractivity contribution in [2.75, 3.05) is 0 Å². The van der Waals surface area contributed by atoms with Crippen LogP contribution in [-0.4, -0.2) is 5.78 Å². The lowest BCUT2D eigenvalue weighted by Gasteiger charge is -2.05. The Kier molecular flexibility index (Phi) is 4.10. The summed E-state index contributed by atoms with van der Waals surface area (Å²) in [6.07, 6.45) is 1.28. The molecule has 0 saturated heterocycles. The summed E-state index contributed by atoms with van der Waals surface area (Å²) in [5.74, 6) is 0.159. The Balaban J connectivity index is 2.78. The van der Waals surface area contributed by atoms with Gasteiger partial charge in [0.15, 0.2) is 5.78 Å². The van der Waals surface area contributed by atoms with Gasteiger partial charge in [-0.15, -0.1) is 6.58 Å². The topological polar surface area (TPSA) is 17.1 Å². The zero-order valence-electron chi connectivity index (χ0n) is 9.14. The second kappa shape index (κ2) is 5.13. The van der Waals surface area contributed by atoms with E-state index in [0.29, 0.717) is 11.4 Å². The SMILES string of the molecule is C=C(C)CCC(=O)c1ccc(Cl)cc1C. The lowest BCUT2D eigenvalue weighted by Crippen LogP contribution is -2.01. The van der Waals surface area contributed by atoms with E-state index in [1.54, 1.807) is 12.1 Å². The predicted octanol–water partition coefficient (Wildman–Crippen LogP) is 4.19. The molecule has 1 rings (SSSR count). The first-order chi connectivity index (χ1) is 7.00. The van der Waals surface area contributed by atoms with Gasteiger partial charge in [-0.2, -0.15) is 0 Å². The van der Waals surface area contributed by atoms with E-state index in [2.05, 4.69) is 6.58 Å². The first-order valence-electron chi connectivity index (χ1n) is 4.94. The molecule has 0 atom stereocenters. The van der Waals surface area contributed by atoms with Crippen molar-refractivity contribution in [2.45, 2.75) is 26.7 Å². The van der Waals surface area contributed by atoms with Crippen LogP contribution in [0.3, 0.4) is 0 Å². The fraction of sp³-hybridized carbons (Fsp3) is 0.308. The molecule has 0 aliphatic carbocycles. The van der Waals surface area contributed by atoms with Gasteiger partial charge in [0.2, 0.25) is 0 Å². The third-order valence-corrected chi connectivity index (χ3v) is 2.50. The zero-order valence-corrected chi connectivity index (χ0v) is 9.90. The van der Waals surface area contributed by atoms with E-state index < -0.39 is 0 Å². The minimum Gasteiger partial charge on any atom is -0.294 e. The standard InChI is InChI=1S/C13H15ClO/c1-9(2)4-7-13(15)12-6-5-11(14)8-10(12)3/h5-6,8H,1,4,7H2,2-3H3. The maximum absolute atomic E-state index is 11.8. The molecule has 1 aromatic rings. The molecule has 1 nitrogen and oxygen atoms in total. The van der Waals surface area contributed by atoms with Gasteiger partial charge in [0.1, 0.15) is 0 Å². The van der Waals surface area contributed by atoms with Crippen molar-refractivity contribution in [1.82, 2.24) is 0 Å². The molecular formula is C13H15ClO. The highest BCUT2D eigenvalue weighted by Gasteiger charge is 2.08. The minimum atomic E-state index is 0.159. The van der Waals surface area contributed by atoms with Crippen LogP contribution in [0.4, 0.5) is 0 Å². The zero-order chi connectivity index (χ0) is 11.4. The molecule has 0 aliphatic heterocycles. The van der Waals surface area contributed by atoms with E-state index in [1.165, 1.54) is 0 Å². The van der Waals surface area contributed by atoms with Crippen molar-refractivity contribution < 1.29 is 4.79 Å². The Bertz CT molecular complexity index is 394. The Morgan fingerprint density at radius 2 is 2.07 bits per heavy atom. The summed E-state index contributed by atoms with van der Waals surface area (Å²) in [4.78, 5) is 11.8. The molecule has 1 aromatic carbocycles. The number of ketones is 1. The Morgan fingerprint density at radius 3 is 2.60 bits per heavy atom. The average Bonchev–Trinajstić information content (AvgIpc) is 2.14. The predicted molar refractivity (Wildman–Crippen MR) is 64.6 cm³/mol. The van der Waals surface area contributed by atoms with Crippen LogP contribution < -0.4 is 0 Å². The van der Waals surface area contributed by atoms with Crippen LogP contribution in [0, 0.1) is 6.92 Å². The number of hydrogen-bond donors (Lipinski definition) is 0. The fourth-order valence-corrected chi connectivity index (χ4v) is 1.63. The second-order valence-electron chi connectivity index (χ2n) is 3.84. The molecule has 80 valence electrons. The van der Waals surface area contributed by atoms with Gasteiger partial charge in [-0.1, -0.05) is 17.2 Å². The molecule has 2 heteroatoms. The summed E-state index contributed by atoms with van der Waals surface area (Å²) < 4.78 is 0. The lowest BCUT2D eigenvalue weighted by molar-refractivity contribution is 0.0982. The van der Waals surface area contributed by atoms with Crippen molar-refractivity contribution in [3.05, 3.63) is 46.5 Å². The van der Waals surface area contributed by atoms with Crippen molar-refractivity contribution in [1.29, 1.82) is 0 Å². The van der Waals surface area contributed by atoms with Gasteiger partial charge in [0.05, 0.1) is 0 Å². The number of benzene rings is 1. The molecular weight excluding hydrogens is 208 g/mol. The average molecular weight is 223 g/mol. The number of carbonyl (C=O) groups excluding carboxylic acids is 1. The van der Waals surface area contributed by atoms with Gasteiger partial charge in [-0.25, -0.2) is 0 Å². The molecule has 0 N–H and O–H groups in total. The number of allylic oxidation sites excluding steroid dienone is 1. The van der Waals surface area contributed by atoms with E-state index in [9.17, 15) is 4.79 Å².